The van der Waals surface area contributed by atoms with Crippen LogP contribution in [0.4, 0.5) is 0 Å². The predicted octanol–water partition coefficient (Wildman–Crippen LogP) is 1.29. The van der Waals surface area contributed by atoms with Crippen LogP contribution in [0.5, 0.6) is 0 Å². The van der Waals surface area contributed by atoms with Gasteiger partial charge in [-0.2, -0.15) is 4.98 Å². The Bertz CT molecular complexity index is 368. The van der Waals surface area contributed by atoms with Crippen LogP contribution in [0.2, 0.25) is 0 Å². The molecule has 0 saturated carbocycles. The average Bonchev–Trinajstić information content (AvgIpc) is 2.64. The van der Waals surface area contributed by atoms with Gasteiger partial charge in [-0.25, -0.2) is 4.79 Å². The molecular weight excluding hydrogens is 210 g/mol. The summed E-state index contributed by atoms with van der Waals surface area (Å²) < 4.78 is 9.68. The molecule has 1 rings (SSSR count). The van der Waals surface area contributed by atoms with Gasteiger partial charge in [0.1, 0.15) is 0 Å². The number of carbonyl (C=O) groups is 1. The van der Waals surface area contributed by atoms with Crippen molar-refractivity contribution in [1.29, 1.82) is 0 Å². The van der Waals surface area contributed by atoms with Crippen molar-refractivity contribution in [1.82, 2.24) is 10.1 Å². The highest BCUT2D eigenvalue weighted by Gasteiger charge is 2.28. The summed E-state index contributed by atoms with van der Waals surface area (Å²) in [5.41, 5.74) is 5.70. The Morgan fingerprint density at radius 1 is 1.56 bits per heavy atom. The maximum Gasteiger partial charge on any atom is 0.379 e. The summed E-state index contributed by atoms with van der Waals surface area (Å²) >= 11 is 0. The fourth-order valence-electron chi connectivity index (χ4n) is 1.01. The lowest BCUT2D eigenvalue weighted by atomic mass is 9.87. The second-order valence-corrected chi connectivity index (χ2v) is 4.52. The molecule has 2 N–H and O–H groups in total. The molecule has 0 aromatic carbocycles. The molecular formula is C10H17N3O3. The molecule has 6 heteroatoms. The Morgan fingerprint density at radius 2 is 2.19 bits per heavy atom. The zero-order chi connectivity index (χ0) is 12.3. The van der Waals surface area contributed by atoms with Gasteiger partial charge in [-0.05, 0) is 17.5 Å². The summed E-state index contributed by atoms with van der Waals surface area (Å²) in [6.07, 6.45) is 0. The Labute approximate surface area is 94.2 Å². The molecule has 0 fully saturated rings. The van der Waals surface area contributed by atoms with Gasteiger partial charge in [-0.3, -0.25) is 0 Å². The second-order valence-electron chi connectivity index (χ2n) is 4.52. The van der Waals surface area contributed by atoms with Gasteiger partial charge in [0.2, 0.25) is 5.89 Å². The highest BCUT2D eigenvalue weighted by atomic mass is 16.5. The first kappa shape index (κ1) is 12.6. The SMILES string of the molecule is CCOC(=O)c1noc([C@H](N)C(C)(C)C)n1. The van der Waals surface area contributed by atoms with Crippen molar-refractivity contribution in [3.05, 3.63) is 11.7 Å². The average molecular weight is 227 g/mol. The zero-order valence-electron chi connectivity index (χ0n) is 9.98. The largest absolute Gasteiger partial charge is 0.460 e. The highest BCUT2D eigenvalue weighted by molar-refractivity contribution is 5.84. The van der Waals surface area contributed by atoms with Gasteiger partial charge in [0.25, 0.3) is 5.82 Å². The molecule has 1 aromatic rings. The Morgan fingerprint density at radius 3 is 2.69 bits per heavy atom. The van der Waals surface area contributed by atoms with Crippen molar-refractivity contribution in [2.45, 2.75) is 33.7 Å². The molecule has 1 aromatic heterocycles. The standard InChI is InChI=1S/C10H17N3O3/c1-5-15-9(14)7-12-8(16-13-7)6(11)10(2,3)4/h6H,5,11H2,1-4H3/t6-/m0/s1. The molecule has 6 nitrogen and oxygen atoms in total. The summed E-state index contributed by atoms with van der Waals surface area (Å²) in [5.74, 6) is -0.439. The van der Waals surface area contributed by atoms with E-state index in [9.17, 15) is 4.79 Å². The van der Waals surface area contributed by atoms with Crippen LogP contribution < -0.4 is 5.73 Å². The number of esters is 1. The van der Waals surface area contributed by atoms with Gasteiger partial charge < -0.3 is 15.0 Å². The van der Waals surface area contributed by atoms with Gasteiger partial charge in [-0.15, -0.1) is 0 Å². The molecule has 0 radical (unpaired) electrons. The van der Waals surface area contributed by atoms with Crippen LogP contribution in [0.1, 0.15) is 50.2 Å². The maximum atomic E-state index is 11.3. The highest BCUT2D eigenvalue weighted by Crippen LogP contribution is 2.29. The van der Waals surface area contributed by atoms with Crippen LogP contribution >= 0.6 is 0 Å². The molecule has 90 valence electrons. The molecule has 0 spiro atoms. The number of nitrogens with two attached hydrogens (primary N) is 1. The van der Waals surface area contributed by atoms with Gasteiger partial charge in [-0.1, -0.05) is 20.8 Å². The number of hydrogen-bond acceptors (Lipinski definition) is 6. The normalized spacial score (nSPS) is 13.6. The van der Waals surface area contributed by atoms with Crippen molar-refractivity contribution >= 4 is 5.97 Å². The first-order valence-corrected chi connectivity index (χ1v) is 5.12. The van der Waals surface area contributed by atoms with Crippen LogP contribution in [0, 0.1) is 5.41 Å². The van der Waals surface area contributed by atoms with Crippen LogP contribution in [-0.2, 0) is 4.74 Å². The third kappa shape index (κ3) is 2.79. The number of nitrogens with zero attached hydrogens (tertiary/aromatic N) is 2. The lowest BCUT2D eigenvalue weighted by Crippen LogP contribution is -2.26. The summed E-state index contributed by atoms with van der Waals surface area (Å²) in [6.45, 7) is 7.83. The molecule has 0 aliphatic heterocycles. The molecule has 16 heavy (non-hydrogen) atoms. The van der Waals surface area contributed by atoms with Crippen LogP contribution in [0.3, 0.4) is 0 Å². The lowest BCUT2D eigenvalue weighted by Gasteiger charge is -2.23. The van der Waals surface area contributed by atoms with E-state index in [2.05, 4.69) is 10.1 Å². The topological polar surface area (TPSA) is 91.2 Å². The van der Waals surface area contributed by atoms with Gasteiger partial charge in [0, 0.05) is 0 Å². The van der Waals surface area contributed by atoms with Crippen molar-refractivity contribution in [2.75, 3.05) is 6.61 Å². The zero-order valence-corrected chi connectivity index (χ0v) is 9.98. The molecule has 0 aliphatic carbocycles. The summed E-state index contributed by atoms with van der Waals surface area (Å²) in [6, 6.07) is -0.414. The Kier molecular flexibility index (Phi) is 3.64. The molecule has 0 unspecified atom stereocenters. The Hall–Kier alpha value is -1.43. The second kappa shape index (κ2) is 4.61. The van der Waals surface area contributed by atoms with Crippen LogP contribution in [0.25, 0.3) is 0 Å². The minimum absolute atomic E-state index is 0.0865. The van der Waals surface area contributed by atoms with E-state index in [1.807, 2.05) is 20.8 Å². The van der Waals surface area contributed by atoms with Gasteiger partial charge in [0.05, 0.1) is 12.6 Å². The van der Waals surface area contributed by atoms with Crippen molar-refractivity contribution in [3.8, 4) is 0 Å². The van der Waals surface area contributed by atoms with Crippen molar-refractivity contribution in [2.24, 2.45) is 11.1 Å². The quantitative estimate of drug-likeness (QED) is 0.782. The van der Waals surface area contributed by atoms with Crippen LogP contribution in [0.15, 0.2) is 4.52 Å². The summed E-state index contributed by atoms with van der Waals surface area (Å²) in [4.78, 5) is 15.2. The smallest absolute Gasteiger partial charge is 0.379 e. The van der Waals surface area contributed by atoms with E-state index < -0.39 is 12.0 Å². The molecule has 1 heterocycles. The monoisotopic (exact) mass is 227 g/mol. The number of carbonyl (C=O) groups excluding carboxylic acids is 1. The molecule has 0 amide bonds. The van der Waals surface area contributed by atoms with E-state index in [1.54, 1.807) is 6.92 Å². The van der Waals surface area contributed by atoms with Gasteiger partial charge >= 0.3 is 5.97 Å². The van der Waals surface area contributed by atoms with Gasteiger partial charge in [0.15, 0.2) is 0 Å². The number of rotatable bonds is 3. The Balaban J connectivity index is 2.83. The fourth-order valence-corrected chi connectivity index (χ4v) is 1.01. The molecule has 0 bridgehead atoms. The van der Waals surface area contributed by atoms with E-state index in [0.29, 0.717) is 0 Å². The maximum absolute atomic E-state index is 11.3. The number of ether oxygens (including phenoxy) is 1. The predicted molar refractivity (Wildman–Crippen MR) is 56.6 cm³/mol. The van der Waals surface area contributed by atoms with Crippen molar-refractivity contribution < 1.29 is 14.1 Å². The van der Waals surface area contributed by atoms with Crippen molar-refractivity contribution in [3.63, 3.8) is 0 Å². The van der Waals surface area contributed by atoms with E-state index >= 15 is 0 Å². The van der Waals surface area contributed by atoms with E-state index in [-0.39, 0.29) is 23.7 Å². The minimum Gasteiger partial charge on any atom is -0.460 e. The van der Waals surface area contributed by atoms with E-state index in [4.69, 9.17) is 15.0 Å². The molecule has 0 aliphatic rings. The van der Waals surface area contributed by atoms with E-state index in [1.165, 1.54) is 0 Å². The lowest BCUT2D eigenvalue weighted by molar-refractivity contribution is 0.0508. The third-order valence-electron chi connectivity index (χ3n) is 2.10. The number of hydrogen-bond donors (Lipinski definition) is 1. The summed E-state index contributed by atoms with van der Waals surface area (Å²) in [7, 11) is 0. The number of aromatic nitrogens is 2. The third-order valence-corrected chi connectivity index (χ3v) is 2.10. The first-order valence-electron chi connectivity index (χ1n) is 5.12. The summed E-state index contributed by atoms with van der Waals surface area (Å²) in [5, 5.41) is 3.53. The van der Waals surface area contributed by atoms with Crippen LogP contribution in [-0.4, -0.2) is 22.7 Å². The van der Waals surface area contributed by atoms with E-state index in [0.717, 1.165) is 0 Å². The molecule has 0 saturated heterocycles. The minimum atomic E-state index is -0.599. The first-order chi connectivity index (χ1) is 7.36. The molecule has 1 atom stereocenters. The fraction of sp³-hybridized carbons (Fsp3) is 0.700.